The first-order chi connectivity index (χ1) is 11.6. The van der Waals surface area contributed by atoms with Crippen LogP contribution in [0.25, 0.3) is 0 Å². The number of amides is 1. The van der Waals surface area contributed by atoms with Crippen molar-refractivity contribution < 1.29 is 14.5 Å². The van der Waals surface area contributed by atoms with Gasteiger partial charge in [0.05, 0.1) is 23.3 Å². The molecular formula is C17H23N3O4. The van der Waals surface area contributed by atoms with Crippen molar-refractivity contribution in [2.24, 2.45) is 5.92 Å². The van der Waals surface area contributed by atoms with Crippen LogP contribution in [0, 0.1) is 16.0 Å². The van der Waals surface area contributed by atoms with Crippen molar-refractivity contribution in [3.05, 3.63) is 34.4 Å². The molecule has 2 aliphatic rings. The Bertz CT molecular complexity index is 620. The van der Waals surface area contributed by atoms with Crippen LogP contribution in [0.2, 0.25) is 0 Å². The average Bonchev–Trinajstić information content (AvgIpc) is 2.97. The van der Waals surface area contributed by atoms with E-state index in [0.717, 1.165) is 39.0 Å². The number of carbonyl (C=O) groups excluding carboxylic acids is 1. The Kier molecular flexibility index (Phi) is 5.11. The van der Waals surface area contributed by atoms with E-state index in [9.17, 15) is 14.9 Å². The minimum absolute atomic E-state index is 0.0156. The third-order valence-electron chi connectivity index (χ3n) is 4.92. The monoisotopic (exact) mass is 333 g/mol. The van der Waals surface area contributed by atoms with E-state index in [0.29, 0.717) is 18.2 Å². The molecule has 0 radical (unpaired) electrons. The topological polar surface area (TPSA) is 75.9 Å². The Morgan fingerprint density at radius 3 is 2.92 bits per heavy atom. The summed E-state index contributed by atoms with van der Waals surface area (Å²) in [5.74, 6) is 0.525. The number of rotatable bonds is 5. The first-order valence-electron chi connectivity index (χ1n) is 8.39. The molecule has 2 aliphatic heterocycles. The molecule has 7 nitrogen and oxygen atoms in total. The summed E-state index contributed by atoms with van der Waals surface area (Å²) in [7, 11) is 1.71. The van der Waals surface area contributed by atoms with Crippen LogP contribution in [0.5, 0.6) is 0 Å². The zero-order chi connectivity index (χ0) is 17.1. The molecule has 0 N–H and O–H groups in total. The molecule has 1 aromatic rings. The van der Waals surface area contributed by atoms with Crippen LogP contribution in [0.1, 0.15) is 19.3 Å². The normalized spacial score (nSPS) is 25.2. The van der Waals surface area contributed by atoms with Crippen molar-refractivity contribution in [2.45, 2.75) is 25.3 Å². The second-order valence-corrected chi connectivity index (χ2v) is 6.53. The number of carbonyl (C=O) groups is 1. The highest BCUT2D eigenvalue weighted by molar-refractivity contribution is 5.99. The molecule has 0 spiro atoms. The van der Waals surface area contributed by atoms with Crippen LogP contribution in [0.15, 0.2) is 24.3 Å². The van der Waals surface area contributed by atoms with Crippen LogP contribution in [0.3, 0.4) is 0 Å². The van der Waals surface area contributed by atoms with Crippen molar-refractivity contribution >= 4 is 17.3 Å². The van der Waals surface area contributed by atoms with Crippen molar-refractivity contribution in [1.29, 1.82) is 0 Å². The predicted molar refractivity (Wildman–Crippen MR) is 90.0 cm³/mol. The van der Waals surface area contributed by atoms with Gasteiger partial charge in [-0.05, 0) is 37.8 Å². The van der Waals surface area contributed by atoms with E-state index in [1.165, 1.54) is 12.1 Å². The van der Waals surface area contributed by atoms with Gasteiger partial charge in [-0.2, -0.15) is 0 Å². The molecule has 2 fully saturated rings. The number of hydrogen-bond donors (Lipinski definition) is 0. The Hall–Kier alpha value is -1.99. The maximum Gasteiger partial charge on any atom is 0.271 e. The fraction of sp³-hybridized carbons (Fsp3) is 0.588. The lowest BCUT2D eigenvalue weighted by atomic mass is 9.97. The maximum atomic E-state index is 12.8. The number of hydrogen-bond acceptors (Lipinski definition) is 5. The minimum atomic E-state index is -0.429. The number of piperidine rings is 1. The van der Waals surface area contributed by atoms with Crippen molar-refractivity contribution in [3.63, 3.8) is 0 Å². The lowest BCUT2D eigenvalue weighted by Crippen LogP contribution is -2.47. The molecule has 0 aliphatic carbocycles. The van der Waals surface area contributed by atoms with Gasteiger partial charge in [-0.1, -0.05) is 6.07 Å². The van der Waals surface area contributed by atoms with Gasteiger partial charge in [0.15, 0.2) is 0 Å². The van der Waals surface area contributed by atoms with Crippen LogP contribution in [-0.4, -0.2) is 55.1 Å². The zero-order valence-corrected chi connectivity index (χ0v) is 13.9. The number of nitrogens with zero attached hydrogens (tertiary/aromatic N) is 3. The second-order valence-electron chi connectivity index (χ2n) is 6.53. The number of benzene rings is 1. The summed E-state index contributed by atoms with van der Waals surface area (Å²) in [6, 6.07) is 6.19. The average molecular weight is 333 g/mol. The van der Waals surface area contributed by atoms with Crippen LogP contribution in [-0.2, 0) is 9.53 Å². The van der Waals surface area contributed by atoms with Crippen LogP contribution in [0.4, 0.5) is 11.4 Å². The summed E-state index contributed by atoms with van der Waals surface area (Å²) in [5.41, 5.74) is 0.629. The number of anilines is 1. The summed E-state index contributed by atoms with van der Waals surface area (Å²) in [6.45, 7) is 3.15. The van der Waals surface area contributed by atoms with Gasteiger partial charge in [0.2, 0.25) is 5.91 Å². The van der Waals surface area contributed by atoms with Gasteiger partial charge in [-0.15, -0.1) is 0 Å². The molecule has 0 saturated carbocycles. The lowest BCUT2D eigenvalue weighted by Gasteiger charge is -2.35. The highest BCUT2D eigenvalue weighted by Crippen LogP contribution is 2.29. The molecule has 130 valence electrons. The summed E-state index contributed by atoms with van der Waals surface area (Å²) >= 11 is 0. The fourth-order valence-electron chi connectivity index (χ4n) is 3.79. The Labute approximate surface area is 141 Å². The van der Waals surface area contributed by atoms with E-state index < -0.39 is 4.92 Å². The molecule has 3 rings (SSSR count). The van der Waals surface area contributed by atoms with E-state index in [2.05, 4.69) is 4.90 Å². The van der Waals surface area contributed by atoms with Gasteiger partial charge in [0.25, 0.3) is 5.69 Å². The molecule has 2 atom stereocenters. The predicted octanol–water partition coefficient (Wildman–Crippen LogP) is 2.06. The van der Waals surface area contributed by atoms with Crippen molar-refractivity contribution in [2.75, 3.05) is 38.3 Å². The van der Waals surface area contributed by atoms with Crippen LogP contribution < -0.4 is 4.90 Å². The first kappa shape index (κ1) is 16.9. The number of likely N-dealkylation sites (tertiary alicyclic amines) is 1. The SMILES string of the molecule is COC[C@H]1CCCN([C@@H]2CCN(c3cccc([N+](=O)[O-])c3)C2=O)C1. The maximum absolute atomic E-state index is 12.8. The quantitative estimate of drug-likeness (QED) is 0.609. The number of ether oxygens (including phenoxy) is 1. The fourth-order valence-corrected chi connectivity index (χ4v) is 3.79. The molecule has 0 unspecified atom stereocenters. The molecule has 2 heterocycles. The summed E-state index contributed by atoms with van der Waals surface area (Å²) in [6.07, 6.45) is 2.98. The summed E-state index contributed by atoms with van der Waals surface area (Å²) < 4.78 is 5.26. The smallest absolute Gasteiger partial charge is 0.271 e. The Balaban J connectivity index is 1.71. The highest BCUT2D eigenvalue weighted by Gasteiger charge is 2.38. The van der Waals surface area contributed by atoms with Gasteiger partial charge >= 0.3 is 0 Å². The Morgan fingerprint density at radius 2 is 2.17 bits per heavy atom. The summed E-state index contributed by atoms with van der Waals surface area (Å²) in [5, 5.41) is 10.9. The minimum Gasteiger partial charge on any atom is -0.384 e. The molecular weight excluding hydrogens is 310 g/mol. The van der Waals surface area contributed by atoms with E-state index in [4.69, 9.17) is 4.74 Å². The van der Waals surface area contributed by atoms with Gasteiger partial charge < -0.3 is 9.64 Å². The third kappa shape index (κ3) is 3.42. The number of methoxy groups -OCH3 is 1. The second kappa shape index (κ2) is 7.27. The molecule has 0 bridgehead atoms. The number of nitro groups is 1. The van der Waals surface area contributed by atoms with E-state index in [1.807, 2.05) is 0 Å². The molecule has 2 saturated heterocycles. The molecule has 1 aromatic carbocycles. The van der Waals surface area contributed by atoms with Crippen molar-refractivity contribution in [3.8, 4) is 0 Å². The summed E-state index contributed by atoms with van der Waals surface area (Å²) in [4.78, 5) is 27.3. The number of non-ortho nitro benzene ring substituents is 1. The van der Waals surface area contributed by atoms with Gasteiger partial charge in [0.1, 0.15) is 0 Å². The molecule has 24 heavy (non-hydrogen) atoms. The molecule has 1 amide bonds. The molecule has 7 heteroatoms. The Morgan fingerprint density at radius 1 is 1.33 bits per heavy atom. The highest BCUT2D eigenvalue weighted by atomic mass is 16.6. The third-order valence-corrected chi connectivity index (χ3v) is 4.92. The van der Waals surface area contributed by atoms with Gasteiger partial charge in [0, 0.05) is 32.3 Å². The van der Waals surface area contributed by atoms with Crippen molar-refractivity contribution in [1.82, 2.24) is 4.90 Å². The molecule has 0 aromatic heterocycles. The van der Waals surface area contributed by atoms with E-state index in [1.54, 1.807) is 24.1 Å². The van der Waals surface area contributed by atoms with E-state index in [-0.39, 0.29) is 17.6 Å². The van der Waals surface area contributed by atoms with E-state index >= 15 is 0 Å². The first-order valence-corrected chi connectivity index (χ1v) is 8.39. The largest absolute Gasteiger partial charge is 0.384 e. The number of nitro benzene ring substituents is 1. The van der Waals surface area contributed by atoms with Crippen LogP contribution >= 0.6 is 0 Å². The van der Waals surface area contributed by atoms with Gasteiger partial charge in [-0.25, -0.2) is 0 Å². The van der Waals surface area contributed by atoms with Gasteiger partial charge in [-0.3, -0.25) is 19.8 Å². The zero-order valence-electron chi connectivity index (χ0n) is 13.9. The standard InChI is InChI=1S/C17H23N3O4/c1-24-12-13-4-3-8-18(11-13)16-7-9-19(17(16)21)14-5-2-6-15(10-14)20(22)23/h2,5-6,10,13,16H,3-4,7-9,11-12H2,1H3/t13-,16+/m0/s1. The lowest BCUT2D eigenvalue weighted by molar-refractivity contribution is -0.384.